The molecule has 0 saturated heterocycles. The first kappa shape index (κ1) is 18.9. The predicted molar refractivity (Wildman–Crippen MR) is 114 cm³/mol. The Morgan fingerprint density at radius 3 is 2.45 bits per heavy atom. The number of rotatable bonds is 5. The molecule has 2 atom stereocenters. The summed E-state index contributed by atoms with van der Waals surface area (Å²) in [5.41, 5.74) is 1.89. The van der Waals surface area contributed by atoms with Gasteiger partial charge in [-0.25, -0.2) is 4.79 Å². The average Bonchev–Trinajstić information content (AvgIpc) is 3.26. The van der Waals surface area contributed by atoms with E-state index in [0.717, 1.165) is 10.9 Å². The molecule has 3 aromatic carbocycles. The van der Waals surface area contributed by atoms with Crippen LogP contribution in [0.4, 0.5) is 0 Å². The van der Waals surface area contributed by atoms with E-state index in [1.165, 1.54) is 0 Å². The zero-order valence-corrected chi connectivity index (χ0v) is 16.5. The van der Waals surface area contributed by atoms with Gasteiger partial charge in [0, 0.05) is 28.2 Å². The number of carbonyl (C=O) groups is 2. The molecule has 31 heavy (non-hydrogen) atoms. The van der Waals surface area contributed by atoms with Crippen molar-refractivity contribution in [1.29, 1.82) is 0 Å². The number of aromatic nitrogens is 1. The van der Waals surface area contributed by atoms with Crippen LogP contribution in [0.15, 0.2) is 85.1 Å². The molecule has 5 rings (SSSR count). The van der Waals surface area contributed by atoms with Gasteiger partial charge in [-0.15, -0.1) is 0 Å². The number of esters is 1. The summed E-state index contributed by atoms with van der Waals surface area (Å²) in [5, 5.41) is 0.774. The van der Waals surface area contributed by atoms with Crippen molar-refractivity contribution in [3.8, 4) is 11.5 Å². The summed E-state index contributed by atoms with van der Waals surface area (Å²) in [7, 11) is 0. The summed E-state index contributed by atoms with van der Waals surface area (Å²) in [4.78, 5) is 29.5. The number of Topliss-reactive ketones (excluding diaryl/α,β-unsaturated/α-hetero) is 1. The lowest BCUT2D eigenvalue weighted by Gasteiger charge is -2.26. The quantitative estimate of drug-likeness (QED) is 0.386. The van der Waals surface area contributed by atoms with E-state index in [1.807, 2.05) is 36.4 Å². The van der Waals surface area contributed by atoms with Crippen LogP contribution in [0.1, 0.15) is 22.0 Å². The van der Waals surface area contributed by atoms with E-state index in [4.69, 9.17) is 14.2 Å². The molecule has 1 N–H and O–H groups in total. The number of fused-ring (bicyclic) bond motifs is 2. The van der Waals surface area contributed by atoms with Gasteiger partial charge in [-0.1, -0.05) is 60.7 Å². The molecular formula is C25H19NO5. The molecule has 6 heteroatoms. The van der Waals surface area contributed by atoms with Crippen LogP contribution < -0.4 is 9.47 Å². The molecule has 4 aromatic rings. The molecule has 0 fully saturated rings. The molecule has 1 aromatic heterocycles. The number of hydrogen-bond donors (Lipinski definition) is 1. The number of benzene rings is 3. The monoisotopic (exact) mass is 413 g/mol. The Balaban J connectivity index is 1.43. The normalized spacial score (nSPS) is 15.9. The Kier molecular flexibility index (Phi) is 4.88. The van der Waals surface area contributed by atoms with Crippen molar-refractivity contribution in [2.75, 3.05) is 6.61 Å². The molecule has 0 saturated carbocycles. The molecule has 2 heterocycles. The minimum Gasteiger partial charge on any atom is -0.485 e. The largest absolute Gasteiger partial charge is 0.485 e. The van der Waals surface area contributed by atoms with Crippen molar-refractivity contribution in [3.63, 3.8) is 0 Å². The minimum atomic E-state index is -1.10. The summed E-state index contributed by atoms with van der Waals surface area (Å²) in [6.45, 7) is 0.0125. The first-order valence-electron chi connectivity index (χ1n) is 9.95. The van der Waals surface area contributed by atoms with Crippen molar-refractivity contribution < 1.29 is 23.8 Å². The smallest absolute Gasteiger partial charge is 0.352 e. The van der Waals surface area contributed by atoms with Crippen molar-refractivity contribution in [3.05, 3.63) is 96.2 Å². The van der Waals surface area contributed by atoms with Gasteiger partial charge in [-0.2, -0.15) is 0 Å². The fraction of sp³-hybridized carbons (Fsp3) is 0.120. The molecular weight excluding hydrogens is 394 g/mol. The number of H-pyrrole nitrogens is 1. The van der Waals surface area contributed by atoms with E-state index in [9.17, 15) is 9.59 Å². The minimum absolute atomic E-state index is 0.0125. The second kappa shape index (κ2) is 7.99. The summed E-state index contributed by atoms with van der Waals surface area (Å²) in [5.74, 6) is 0.0709. The standard InChI is InChI=1S/C25H19NO5/c27-23(18-14-26-19-11-5-4-10-17(18)19)24(16-8-2-1-3-9-16)31-25(28)22-15-29-20-12-6-7-13-21(20)30-22/h1-14,22,24,26H,15H2/t22-,24-/m1/s1. The number of para-hydroxylation sites is 3. The Hall–Kier alpha value is -4.06. The van der Waals surface area contributed by atoms with E-state index in [2.05, 4.69) is 4.98 Å². The molecule has 0 bridgehead atoms. The zero-order chi connectivity index (χ0) is 21.2. The number of ether oxygens (including phenoxy) is 3. The Labute approximate surface area is 178 Å². The number of carbonyl (C=O) groups excluding carboxylic acids is 2. The molecule has 0 aliphatic carbocycles. The van der Waals surface area contributed by atoms with Gasteiger partial charge in [-0.05, 0) is 18.2 Å². The SMILES string of the molecule is O=C(O[C@@H](C(=O)c1c[nH]c2ccccc12)c1ccccc1)[C@H]1COc2ccccc2O1. The summed E-state index contributed by atoms with van der Waals surface area (Å²) in [6, 6.07) is 23.6. The highest BCUT2D eigenvalue weighted by molar-refractivity contribution is 6.10. The van der Waals surface area contributed by atoms with Crippen LogP contribution in [0, 0.1) is 0 Å². The van der Waals surface area contributed by atoms with Crippen LogP contribution >= 0.6 is 0 Å². The van der Waals surface area contributed by atoms with Crippen LogP contribution in [0.3, 0.4) is 0 Å². The lowest BCUT2D eigenvalue weighted by Crippen LogP contribution is -2.39. The third kappa shape index (κ3) is 3.64. The van der Waals surface area contributed by atoms with Gasteiger partial charge < -0.3 is 19.2 Å². The molecule has 0 amide bonds. The topological polar surface area (TPSA) is 77.6 Å². The highest BCUT2D eigenvalue weighted by Gasteiger charge is 2.34. The van der Waals surface area contributed by atoms with Crippen LogP contribution in [0.2, 0.25) is 0 Å². The van der Waals surface area contributed by atoms with E-state index >= 15 is 0 Å². The second-order valence-corrected chi connectivity index (χ2v) is 7.20. The van der Waals surface area contributed by atoms with E-state index in [0.29, 0.717) is 22.6 Å². The number of aromatic amines is 1. The van der Waals surface area contributed by atoms with Crippen molar-refractivity contribution in [2.24, 2.45) is 0 Å². The first-order chi connectivity index (χ1) is 15.2. The van der Waals surface area contributed by atoms with Gasteiger partial charge in [0.2, 0.25) is 11.9 Å². The number of ketones is 1. The van der Waals surface area contributed by atoms with Crippen LogP contribution in [-0.2, 0) is 9.53 Å². The molecule has 1 aliphatic rings. The van der Waals surface area contributed by atoms with Gasteiger partial charge in [0.25, 0.3) is 0 Å². The lowest BCUT2D eigenvalue weighted by molar-refractivity contribution is -0.158. The van der Waals surface area contributed by atoms with E-state index in [1.54, 1.807) is 48.7 Å². The molecule has 1 aliphatic heterocycles. The maximum absolute atomic E-state index is 13.5. The maximum atomic E-state index is 13.5. The molecule has 6 nitrogen and oxygen atoms in total. The molecule has 0 spiro atoms. The van der Waals surface area contributed by atoms with Crippen LogP contribution in [-0.4, -0.2) is 29.4 Å². The van der Waals surface area contributed by atoms with Crippen molar-refractivity contribution >= 4 is 22.7 Å². The third-order valence-corrected chi connectivity index (χ3v) is 5.20. The Bertz CT molecular complexity index is 1250. The van der Waals surface area contributed by atoms with E-state index in [-0.39, 0.29) is 12.4 Å². The van der Waals surface area contributed by atoms with Gasteiger partial charge in [-0.3, -0.25) is 4.79 Å². The molecule has 154 valence electrons. The Morgan fingerprint density at radius 2 is 1.61 bits per heavy atom. The van der Waals surface area contributed by atoms with Crippen LogP contribution in [0.5, 0.6) is 11.5 Å². The average molecular weight is 413 g/mol. The highest BCUT2D eigenvalue weighted by atomic mass is 16.6. The number of nitrogens with one attached hydrogen (secondary N) is 1. The first-order valence-corrected chi connectivity index (χ1v) is 9.95. The fourth-order valence-electron chi connectivity index (χ4n) is 3.65. The van der Waals surface area contributed by atoms with Gasteiger partial charge in [0.05, 0.1) is 0 Å². The highest BCUT2D eigenvalue weighted by Crippen LogP contribution is 2.32. The fourth-order valence-corrected chi connectivity index (χ4v) is 3.65. The zero-order valence-electron chi connectivity index (χ0n) is 16.5. The molecule has 0 unspecified atom stereocenters. The van der Waals surface area contributed by atoms with E-state index < -0.39 is 18.2 Å². The number of hydrogen-bond acceptors (Lipinski definition) is 5. The van der Waals surface area contributed by atoms with Gasteiger partial charge in [0.15, 0.2) is 17.6 Å². The predicted octanol–water partition coefficient (Wildman–Crippen LogP) is 4.48. The summed E-state index contributed by atoms with van der Waals surface area (Å²) >= 11 is 0. The lowest BCUT2D eigenvalue weighted by atomic mass is 9.99. The van der Waals surface area contributed by atoms with Crippen molar-refractivity contribution in [2.45, 2.75) is 12.2 Å². The van der Waals surface area contributed by atoms with Gasteiger partial charge >= 0.3 is 5.97 Å². The summed E-state index contributed by atoms with van der Waals surface area (Å²) < 4.78 is 17.1. The molecule has 0 radical (unpaired) electrons. The third-order valence-electron chi connectivity index (χ3n) is 5.20. The van der Waals surface area contributed by atoms with Gasteiger partial charge in [0.1, 0.15) is 6.61 Å². The second-order valence-electron chi connectivity index (χ2n) is 7.20. The summed E-state index contributed by atoms with van der Waals surface area (Å²) in [6.07, 6.45) is -0.418. The maximum Gasteiger partial charge on any atom is 0.352 e. The Morgan fingerprint density at radius 1 is 0.903 bits per heavy atom. The van der Waals surface area contributed by atoms with Crippen molar-refractivity contribution in [1.82, 2.24) is 4.98 Å². The van der Waals surface area contributed by atoms with Crippen LogP contribution in [0.25, 0.3) is 10.9 Å².